The molecule has 0 bridgehead atoms. The third kappa shape index (κ3) is 4.14. The lowest BCUT2D eigenvalue weighted by Gasteiger charge is -2.28. The smallest absolute Gasteiger partial charge is 0.224 e. The van der Waals surface area contributed by atoms with Crippen molar-refractivity contribution in [1.29, 1.82) is 0 Å². The van der Waals surface area contributed by atoms with E-state index in [2.05, 4.69) is 37.5 Å². The van der Waals surface area contributed by atoms with Gasteiger partial charge < -0.3 is 15.5 Å². The van der Waals surface area contributed by atoms with E-state index in [1.165, 1.54) is 17.7 Å². The summed E-state index contributed by atoms with van der Waals surface area (Å²) in [6, 6.07) is 1.97. The molecule has 3 heterocycles. The molecule has 1 aliphatic heterocycles. The van der Waals surface area contributed by atoms with Crippen molar-refractivity contribution in [1.82, 2.24) is 20.3 Å². The third-order valence-electron chi connectivity index (χ3n) is 3.93. The molecule has 3 rings (SSSR count). The maximum absolute atomic E-state index is 4.61. The van der Waals surface area contributed by atoms with Crippen LogP contribution in [-0.4, -0.2) is 41.6 Å². The summed E-state index contributed by atoms with van der Waals surface area (Å²) in [6.45, 7) is 4.02. The van der Waals surface area contributed by atoms with Gasteiger partial charge in [-0.1, -0.05) is 0 Å². The minimum atomic E-state index is 0.670. The van der Waals surface area contributed by atoms with Crippen molar-refractivity contribution < 1.29 is 0 Å². The van der Waals surface area contributed by atoms with Crippen molar-refractivity contribution in [2.75, 3.05) is 36.9 Å². The fraction of sp³-hybridized carbons (Fsp3) is 0.533. The summed E-state index contributed by atoms with van der Waals surface area (Å²) in [6.07, 6.45) is 6.17. The maximum atomic E-state index is 4.61. The molecule has 22 heavy (non-hydrogen) atoms. The molecule has 1 fully saturated rings. The van der Waals surface area contributed by atoms with Gasteiger partial charge in [-0.25, -0.2) is 4.98 Å². The van der Waals surface area contributed by atoms with Crippen molar-refractivity contribution in [3.8, 4) is 0 Å². The average molecular weight is 318 g/mol. The van der Waals surface area contributed by atoms with Crippen LogP contribution >= 0.6 is 11.3 Å². The molecule has 6 nitrogen and oxygen atoms in total. The molecule has 1 aliphatic rings. The number of hydrogen-bond donors (Lipinski definition) is 2. The minimum Gasteiger partial charge on any atom is -0.359 e. The van der Waals surface area contributed by atoms with E-state index in [1.54, 1.807) is 11.3 Å². The van der Waals surface area contributed by atoms with E-state index in [-0.39, 0.29) is 0 Å². The first-order valence-electron chi connectivity index (χ1n) is 7.67. The highest BCUT2D eigenvalue weighted by molar-refractivity contribution is 7.09. The van der Waals surface area contributed by atoms with E-state index >= 15 is 0 Å². The second-order valence-electron chi connectivity index (χ2n) is 5.63. The van der Waals surface area contributed by atoms with Crippen molar-refractivity contribution in [3.05, 3.63) is 28.8 Å². The van der Waals surface area contributed by atoms with Gasteiger partial charge in [0.1, 0.15) is 5.82 Å². The molecule has 0 atom stereocenters. The molecule has 0 aliphatic carbocycles. The molecule has 0 aromatic carbocycles. The zero-order valence-electron chi connectivity index (χ0n) is 12.8. The first-order valence-corrected chi connectivity index (χ1v) is 8.55. The number of nitrogens with one attached hydrogen (secondary N) is 2. The lowest BCUT2D eigenvalue weighted by molar-refractivity contribution is 0.377. The van der Waals surface area contributed by atoms with E-state index in [4.69, 9.17) is 0 Å². The van der Waals surface area contributed by atoms with Gasteiger partial charge >= 0.3 is 0 Å². The zero-order valence-corrected chi connectivity index (χ0v) is 13.6. The van der Waals surface area contributed by atoms with Gasteiger partial charge in [-0.05, 0) is 37.9 Å². The van der Waals surface area contributed by atoms with Gasteiger partial charge in [-0.15, -0.1) is 11.3 Å². The van der Waals surface area contributed by atoms with Gasteiger partial charge in [-0.3, -0.25) is 4.98 Å². The highest BCUT2D eigenvalue weighted by atomic mass is 32.1. The Kier molecular flexibility index (Phi) is 5.18. The fourth-order valence-corrected chi connectivity index (χ4v) is 3.22. The Balaban J connectivity index is 1.57. The summed E-state index contributed by atoms with van der Waals surface area (Å²) in [5.74, 6) is 2.39. The van der Waals surface area contributed by atoms with Crippen LogP contribution in [0.1, 0.15) is 17.7 Å². The van der Waals surface area contributed by atoms with Crippen LogP contribution in [0, 0.1) is 5.92 Å². The predicted molar refractivity (Wildman–Crippen MR) is 90.3 cm³/mol. The van der Waals surface area contributed by atoms with E-state index in [1.807, 2.05) is 24.0 Å². The topological polar surface area (TPSA) is 66.0 Å². The molecule has 2 aromatic heterocycles. The molecule has 0 amide bonds. The van der Waals surface area contributed by atoms with Crippen LogP contribution < -0.4 is 15.5 Å². The predicted octanol–water partition coefficient (Wildman–Crippen LogP) is 1.98. The van der Waals surface area contributed by atoms with Crippen LogP contribution in [0.4, 0.5) is 11.8 Å². The highest BCUT2D eigenvalue weighted by Gasteiger charge is 2.16. The molecule has 2 aromatic rings. The van der Waals surface area contributed by atoms with Gasteiger partial charge in [0.05, 0.1) is 12.1 Å². The standard InChI is InChI=1S/C15H22N6S/c1-21(10-12-2-5-16-6-3-12)14-4-7-18-15(20-14)19-9-13-8-17-11-22-13/h4,7-8,11-12,16H,2-3,5-6,9-10H2,1H3,(H,18,19,20). The number of anilines is 2. The lowest BCUT2D eigenvalue weighted by Crippen LogP contribution is -2.34. The number of rotatable bonds is 6. The Labute approximate surface area is 135 Å². The zero-order chi connectivity index (χ0) is 15.2. The number of thiazole rings is 1. The lowest BCUT2D eigenvalue weighted by atomic mass is 9.98. The van der Waals surface area contributed by atoms with Gasteiger partial charge in [0.2, 0.25) is 5.95 Å². The molecule has 0 unspecified atom stereocenters. The SMILES string of the molecule is CN(CC1CCNCC1)c1ccnc(NCc2cncs2)n1. The minimum absolute atomic E-state index is 0.670. The van der Waals surface area contributed by atoms with Crippen LogP contribution in [0.25, 0.3) is 0 Å². The van der Waals surface area contributed by atoms with Crippen molar-refractivity contribution >= 4 is 23.1 Å². The maximum Gasteiger partial charge on any atom is 0.224 e. The number of hydrogen-bond acceptors (Lipinski definition) is 7. The second-order valence-corrected chi connectivity index (χ2v) is 6.60. The molecule has 7 heteroatoms. The van der Waals surface area contributed by atoms with Crippen LogP contribution in [0.3, 0.4) is 0 Å². The number of aromatic nitrogens is 3. The molecule has 118 valence electrons. The summed E-state index contributed by atoms with van der Waals surface area (Å²) in [7, 11) is 2.11. The van der Waals surface area contributed by atoms with Gasteiger partial charge in [-0.2, -0.15) is 4.98 Å². The van der Waals surface area contributed by atoms with E-state index in [9.17, 15) is 0 Å². The summed E-state index contributed by atoms with van der Waals surface area (Å²) >= 11 is 1.63. The molecule has 0 spiro atoms. The number of piperidine rings is 1. The largest absolute Gasteiger partial charge is 0.359 e. The molecule has 1 saturated heterocycles. The van der Waals surface area contributed by atoms with Crippen molar-refractivity contribution in [2.24, 2.45) is 5.92 Å². The summed E-state index contributed by atoms with van der Waals surface area (Å²) < 4.78 is 0. The number of nitrogens with zero attached hydrogens (tertiary/aromatic N) is 4. The van der Waals surface area contributed by atoms with Crippen molar-refractivity contribution in [2.45, 2.75) is 19.4 Å². The highest BCUT2D eigenvalue weighted by Crippen LogP contribution is 2.17. The summed E-state index contributed by atoms with van der Waals surface area (Å²) in [4.78, 5) is 16.4. The third-order valence-corrected chi connectivity index (χ3v) is 4.71. The van der Waals surface area contributed by atoms with E-state index < -0.39 is 0 Å². The van der Waals surface area contributed by atoms with E-state index in [0.29, 0.717) is 12.5 Å². The fourth-order valence-electron chi connectivity index (χ4n) is 2.69. The second kappa shape index (κ2) is 7.51. The van der Waals surface area contributed by atoms with Gasteiger partial charge in [0.15, 0.2) is 0 Å². The first kappa shape index (κ1) is 15.2. The Hall–Kier alpha value is -1.73. The Morgan fingerprint density at radius 1 is 1.41 bits per heavy atom. The summed E-state index contributed by atoms with van der Waals surface area (Å²) in [5, 5.41) is 6.67. The van der Waals surface area contributed by atoms with E-state index in [0.717, 1.165) is 31.4 Å². The average Bonchev–Trinajstić information content (AvgIpc) is 3.08. The Morgan fingerprint density at radius 3 is 3.05 bits per heavy atom. The van der Waals surface area contributed by atoms with Gasteiger partial charge in [0, 0.05) is 30.9 Å². The molecule has 0 saturated carbocycles. The molecular weight excluding hydrogens is 296 g/mol. The monoisotopic (exact) mass is 318 g/mol. The quantitative estimate of drug-likeness (QED) is 0.849. The Bertz CT molecular complexity index is 567. The van der Waals surface area contributed by atoms with Crippen LogP contribution in [0.2, 0.25) is 0 Å². The first-order chi connectivity index (χ1) is 10.8. The van der Waals surface area contributed by atoms with Crippen LogP contribution in [-0.2, 0) is 6.54 Å². The Morgan fingerprint density at radius 2 is 2.27 bits per heavy atom. The molecule has 0 radical (unpaired) electrons. The molecule has 2 N–H and O–H groups in total. The van der Waals surface area contributed by atoms with Crippen molar-refractivity contribution in [3.63, 3.8) is 0 Å². The normalized spacial score (nSPS) is 15.7. The summed E-state index contributed by atoms with van der Waals surface area (Å²) in [5.41, 5.74) is 1.83. The van der Waals surface area contributed by atoms with Gasteiger partial charge in [0.25, 0.3) is 0 Å². The van der Waals surface area contributed by atoms with Crippen LogP contribution in [0.15, 0.2) is 24.0 Å². The van der Waals surface area contributed by atoms with Crippen LogP contribution in [0.5, 0.6) is 0 Å². The molecular formula is C15H22N6S.